The van der Waals surface area contributed by atoms with E-state index in [2.05, 4.69) is 10.1 Å². The molecule has 1 saturated heterocycles. The minimum atomic E-state index is -0.307. The van der Waals surface area contributed by atoms with Gasteiger partial charge in [0.1, 0.15) is 17.6 Å². The molecule has 1 aliphatic heterocycles. The number of fused-ring (bicyclic) bond motifs is 1. The van der Waals surface area contributed by atoms with Gasteiger partial charge in [0.15, 0.2) is 0 Å². The summed E-state index contributed by atoms with van der Waals surface area (Å²) in [6, 6.07) is 19.5. The molecule has 0 radical (unpaired) electrons. The first-order valence-corrected chi connectivity index (χ1v) is 9.68. The fraction of sp³-hybridized carbons (Fsp3) is 0.174. The van der Waals surface area contributed by atoms with Gasteiger partial charge >= 0.3 is 0 Å². The number of carbonyl (C=O) groups excluding carboxylic acids is 1. The number of ether oxygens (including phenoxy) is 1. The van der Waals surface area contributed by atoms with Crippen molar-refractivity contribution in [2.24, 2.45) is 7.05 Å². The first-order chi connectivity index (χ1) is 14.6. The summed E-state index contributed by atoms with van der Waals surface area (Å²) in [5, 5.41) is 5.45. The highest BCUT2D eigenvalue weighted by atomic mass is 19.1. The number of aromatic nitrogens is 3. The highest BCUT2D eigenvalue weighted by Gasteiger charge is 2.34. The average molecular weight is 402 g/mol. The largest absolute Gasteiger partial charge is 0.471 e. The molecule has 0 N–H and O–H groups in total. The predicted molar refractivity (Wildman–Crippen MR) is 111 cm³/mol. The van der Waals surface area contributed by atoms with Gasteiger partial charge < -0.3 is 9.64 Å². The van der Waals surface area contributed by atoms with E-state index >= 15 is 0 Å². The third-order valence-electron chi connectivity index (χ3n) is 5.23. The Morgan fingerprint density at radius 1 is 1.07 bits per heavy atom. The lowest BCUT2D eigenvalue weighted by Crippen LogP contribution is -2.56. The molecule has 0 aliphatic carbocycles. The van der Waals surface area contributed by atoms with Gasteiger partial charge in [-0.1, -0.05) is 18.2 Å². The van der Waals surface area contributed by atoms with E-state index in [0.29, 0.717) is 30.4 Å². The molecule has 2 aromatic heterocycles. The molecule has 2 aromatic carbocycles. The number of aryl methyl sites for hydroxylation is 1. The zero-order valence-corrected chi connectivity index (χ0v) is 16.3. The van der Waals surface area contributed by atoms with Crippen LogP contribution in [0, 0.1) is 5.82 Å². The predicted octanol–water partition coefficient (Wildman–Crippen LogP) is 3.68. The lowest BCUT2D eigenvalue weighted by atomic mass is 10.1. The van der Waals surface area contributed by atoms with Crippen molar-refractivity contribution in [1.29, 1.82) is 0 Å². The van der Waals surface area contributed by atoms with Crippen molar-refractivity contribution in [3.05, 3.63) is 78.2 Å². The van der Waals surface area contributed by atoms with Gasteiger partial charge in [-0.05, 0) is 42.5 Å². The van der Waals surface area contributed by atoms with Gasteiger partial charge in [-0.3, -0.25) is 9.48 Å². The Balaban J connectivity index is 1.24. The number of pyridine rings is 1. The molecule has 5 rings (SSSR count). The minimum Gasteiger partial charge on any atom is -0.471 e. The Bertz CT molecular complexity index is 1230. The number of likely N-dealkylation sites (tertiary alicyclic amines) is 1. The van der Waals surface area contributed by atoms with Crippen LogP contribution in [0.3, 0.4) is 0 Å². The number of hydrogen-bond acceptors (Lipinski definition) is 4. The summed E-state index contributed by atoms with van der Waals surface area (Å²) in [7, 11) is 1.73. The molecule has 1 amide bonds. The Morgan fingerprint density at radius 3 is 2.63 bits per heavy atom. The number of benzene rings is 2. The topological polar surface area (TPSA) is 60.2 Å². The van der Waals surface area contributed by atoms with Crippen molar-refractivity contribution >= 4 is 16.8 Å². The molecule has 1 aliphatic rings. The van der Waals surface area contributed by atoms with Crippen LogP contribution in [0.25, 0.3) is 22.2 Å². The average Bonchev–Trinajstić information content (AvgIpc) is 3.12. The number of para-hydroxylation sites is 1. The summed E-state index contributed by atoms with van der Waals surface area (Å²) in [5.41, 5.74) is 2.76. The number of amides is 1. The van der Waals surface area contributed by atoms with Crippen LogP contribution in [0.4, 0.5) is 4.39 Å². The van der Waals surface area contributed by atoms with Gasteiger partial charge in [0, 0.05) is 24.1 Å². The van der Waals surface area contributed by atoms with Crippen molar-refractivity contribution < 1.29 is 13.9 Å². The number of carbonyl (C=O) groups is 1. The summed E-state index contributed by atoms with van der Waals surface area (Å²) in [6.45, 7) is 0.981. The lowest BCUT2D eigenvalue weighted by molar-refractivity contribution is 0.0153. The zero-order chi connectivity index (χ0) is 20.7. The molecule has 6 nitrogen and oxygen atoms in total. The molecular weight excluding hydrogens is 383 g/mol. The molecule has 0 spiro atoms. The van der Waals surface area contributed by atoms with E-state index in [4.69, 9.17) is 4.74 Å². The molecule has 0 unspecified atom stereocenters. The molecule has 150 valence electrons. The second kappa shape index (κ2) is 7.26. The highest BCUT2D eigenvalue weighted by molar-refractivity contribution is 5.94. The number of nitrogens with zero attached hydrogens (tertiary/aromatic N) is 4. The third-order valence-corrected chi connectivity index (χ3v) is 5.23. The third kappa shape index (κ3) is 3.39. The summed E-state index contributed by atoms with van der Waals surface area (Å²) >= 11 is 0. The van der Waals surface area contributed by atoms with Crippen molar-refractivity contribution in [3.63, 3.8) is 0 Å². The van der Waals surface area contributed by atoms with E-state index < -0.39 is 0 Å². The van der Waals surface area contributed by atoms with Crippen LogP contribution in [-0.4, -0.2) is 44.8 Å². The molecule has 1 fully saturated rings. The smallest absolute Gasteiger partial charge is 0.272 e. The van der Waals surface area contributed by atoms with E-state index in [1.54, 1.807) is 34.8 Å². The van der Waals surface area contributed by atoms with Crippen LogP contribution < -0.4 is 4.74 Å². The van der Waals surface area contributed by atoms with E-state index in [1.165, 1.54) is 12.1 Å². The van der Waals surface area contributed by atoms with E-state index in [9.17, 15) is 9.18 Å². The maximum atomic E-state index is 13.1. The summed E-state index contributed by atoms with van der Waals surface area (Å²) in [5.74, 6) is 0.146. The number of halogens is 1. The maximum absolute atomic E-state index is 13.1. The summed E-state index contributed by atoms with van der Waals surface area (Å²) in [6.07, 6.45) is -0.0904. The van der Waals surface area contributed by atoms with Crippen LogP contribution >= 0.6 is 0 Å². The van der Waals surface area contributed by atoms with Crippen molar-refractivity contribution in [1.82, 2.24) is 19.7 Å². The molecule has 3 heterocycles. The van der Waals surface area contributed by atoms with E-state index in [0.717, 1.165) is 16.5 Å². The second-order valence-electron chi connectivity index (χ2n) is 7.34. The Labute approximate surface area is 172 Å². The maximum Gasteiger partial charge on any atom is 0.272 e. The quantitative estimate of drug-likeness (QED) is 0.523. The summed E-state index contributed by atoms with van der Waals surface area (Å²) < 4.78 is 20.6. The Kier molecular flexibility index (Phi) is 4.43. The SMILES string of the molecule is Cn1nc(-c2ccc(F)cc2)cc1C(=O)N1CC(Oc2ccc3ccccc3n2)C1. The molecule has 7 heteroatoms. The first-order valence-electron chi connectivity index (χ1n) is 9.68. The number of rotatable bonds is 4. The normalized spacial score (nSPS) is 14.0. The minimum absolute atomic E-state index is 0.0904. The fourth-order valence-corrected chi connectivity index (χ4v) is 3.55. The van der Waals surface area contributed by atoms with Crippen LogP contribution in [-0.2, 0) is 7.05 Å². The van der Waals surface area contributed by atoms with Crippen LogP contribution in [0.2, 0.25) is 0 Å². The zero-order valence-electron chi connectivity index (χ0n) is 16.3. The van der Waals surface area contributed by atoms with Crippen molar-refractivity contribution in [2.45, 2.75) is 6.10 Å². The second-order valence-corrected chi connectivity index (χ2v) is 7.34. The van der Waals surface area contributed by atoms with Gasteiger partial charge in [-0.2, -0.15) is 5.10 Å². The van der Waals surface area contributed by atoms with Crippen LogP contribution in [0.1, 0.15) is 10.5 Å². The van der Waals surface area contributed by atoms with Gasteiger partial charge in [-0.15, -0.1) is 0 Å². The molecule has 0 atom stereocenters. The molecular formula is C23H19FN4O2. The van der Waals surface area contributed by atoms with Gasteiger partial charge in [0.05, 0.1) is 24.3 Å². The van der Waals surface area contributed by atoms with Crippen molar-refractivity contribution in [3.8, 4) is 17.1 Å². The monoisotopic (exact) mass is 402 g/mol. The van der Waals surface area contributed by atoms with E-state index in [1.807, 2.05) is 36.4 Å². The van der Waals surface area contributed by atoms with Gasteiger partial charge in [0.25, 0.3) is 5.91 Å². The summed E-state index contributed by atoms with van der Waals surface area (Å²) in [4.78, 5) is 19.1. The standard InChI is InChI=1S/C23H19FN4O2/c1-27-21(12-20(26-27)16-6-9-17(24)10-7-16)23(29)28-13-18(14-28)30-22-11-8-15-4-2-3-5-19(15)25-22/h2-12,18H,13-14H2,1H3. The molecule has 30 heavy (non-hydrogen) atoms. The molecule has 0 saturated carbocycles. The molecule has 4 aromatic rings. The van der Waals surface area contributed by atoms with Crippen LogP contribution in [0.5, 0.6) is 5.88 Å². The van der Waals surface area contributed by atoms with Gasteiger partial charge in [0.2, 0.25) is 5.88 Å². The van der Waals surface area contributed by atoms with Gasteiger partial charge in [-0.25, -0.2) is 9.37 Å². The Hall–Kier alpha value is -3.74. The fourth-order valence-electron chi connectivity index (χ4n) is 3.55. The Morgan fingerprint density at radius 2 is 1.83 bits per heavy atom. The molecule has 0 bridgehead atoms. The lowest BCUT2D eigenvalue weighted by Gasteiger charge is -2.38. The first kappa shape index (κ1) is 18.3. The number of hydrogen-bond donors (Lipinski definition) is 0. The van der Waals surface area contributed by atoms with E-state index in [-0.39, 0.29) is 17.8 Å². The highest BCUT2D eigenvalue weighted by Crippen LogP contribution is 2.24. The van der Waals surface area contributed by atoms with Crippen molar-refractivity contribution in [2.75, 3.05) is 13.1 Å². The van der Waals surface area contributed by atoms with Crippen LogP contribution in [0.15, 0.2) is 66.7 Å².